The number of rotatable bonds is 6. The Morgan fingerprint density at radius 1 is 1.24 bits per heavy atom. The zero-order valence-electron chi connectivity index (χ0n) is 9.76. The summed E-state index contributed by atoms with van der Waals surface area (Å²) in [5.74, 6) is -1.45. The van der Waals surface area contributed by atoms with Gasteiger partial charge >= 0.3 is 11.9 Å². The van der Waals surface area contributed by atoms with Crippen LogP contribution in [0.1, 0.15) is 25.3 Å². The third kappa shape index (κ3) is 5.70. The Hall–Kier alpha value is -1.84. The fourth-order valence-electron chi connectivity index (χ4n) is 1.45. The van der Waals surface area contributed by atoms with Crippen molar-refractivity contribution in [3.8, 4) is 0 Å². The van der Waals surface area contributed by atoms with Crippen LogP contribution in [-0.4, -0.2) is 17.0 Å². The summed E-state index contributed by atoms with van der Waals surface area (Å²) in [5.41, 5.74) is 0.923. The first-order chi connectivity index (χ1) is 8.08. The predicted molar refractivity (Wildman–Crippen MR) is 62.3 cm³/mol. The van der Waals surface area contributed by atoms with Gasteiger partial charge in [0.15, 0.2) is 0 Å². The van der Waals surface area contributed by atoms with E-state index in [0.29, 0.717) is 0 Å². The molecule has 0 aliphatic carbocycles. The number of hydrogen-bond acceptors (Lipinski definition) is 3. The maximum absolute atomic E-state index is 11.4. The highest BCUT2D eigenvalue weighted by molar-refractivity contribution is 5.72. The number of carboxylic acids is 1. The Morgan fingerprint density at radius 2 is 1.88 bits per heavy atom. The Kier molecular flexibility index (Phi) is 5.20. The number of esters is 1. The van der Waals surface area contributed by atoms with Crippen LogP contribution in [-0.2, 0) is 20.9 Å². The highest BCUT2D eigenvalue weighted by Crippen LogP contribution is 2.09. The molecule has 0 unspecified atom stereocenters. The minimum absolute atomic E-state index is 0.0135. The summed E-state index contributed by atoms with van der Waals surface area (Å²) in [7, 11) is 0. The van der Waals surface area contributed by atoms with Crippen molar-refractivity contribution in [1.82, 2.24) is 0 Å². The molecule has 0 saturated heterocycles. The van der Waals surface area contributed by atoms with Gasteiger partial charge in [-0.05, 0) is 11.5 Å². The van der Waals surface area contributed by atoms with Gasteiger partial charge < -0.3 is 9.84 Å². The summed E-state index contributed by atoms with van der Waals surface area (Å²) in [6, 6.07) is 9.37. The van der Waals surface area contributed by atoms with E-state index in [1.54, 1.807) is 6.92 Å². The lowest BCUT2D eigenvalue weighted by atomic mass is 10.0. The van der Waals surface area contributed by atoms with E-state index in [2.05, 4.69) is 0 Å². The molecule has 4 heteroatoms. The van der Waals surface area contributed by atoms with Crippen LogP contribution in [0.3, 0.4) is 0 Å². The van der Waals surface area contributed by atoms with E-state index >= 15 is 0 Å². The molecule has 0 bridgehead atoms. The molecular weight excluding hydrogens is 220 g/mol. The molecule has 0 radical (unpaired) electrons. The van der Waals surface area contributed by atoms with Gasteiger partial charge in [0.1, 0.15) is 6.61 Å². The SMILES string of the molecule is C[C@H](CC(=O)O)CC(=O)OCc1ccccc1. The fraction of sp³-hybridized carbons (Fsp3) is 0.385. The van der Waals surface area contributed by atoms with Gasteiger partial charge in [-0.1, -0.05) is 37.3 Å². The van der Waals surface area contributed by atoms with Crippen molar-refractivity contribution in [2.45, 2.75) is 26.4 Å². The summed E-state index contributed by atoms with van der Waals surface area (Å²) in [6.45, 7) is 1.96. The van der Waals surface area contributed by atoms with E-state index in [-0.39, 0.29) is 31.3 Å². The summed E-state index contributed by atoms with van der Waals surface area (Å²) >= 11 is 0. The molecule has 0 aliphatic rings. The lowest BCUT2D eigenvalue weighted by Crippen LogP contribution is -2.12. The van der Waals surface area contributed by atoms with Gasteiger partial charge in [0.2, 0.25) is 0 Å². The smallest absolute Gasteiger partial charge is 0.306 e. The number of benzene rings is 1. The fourth-order valence-corrected chi connectivity index (χ4v) is 1.45. The molecule has 4 nitrogen and oxygen atoms in total. The summed E-state index contributed by atoms with van der Waals surface area (Å²) in [6.07, 6.45) is 0.125. The minimum Gasteiger partial charge on any atom is -0.481 e. The predicted octanol–water partition coefficient (Wildman–Crippen LogP) is 2.23. The lowest BCUT2D eigenvalue weighted by Gasteiger charge is -2.08. The zero-order valence-corrected chi connectivity index (χ0v) is 9.76. The molecule has 0 saturated carbocycles. The van der Waals surface area contributed by atoms with Crippen molar-refractivity contribution < 1.29 is 19.4 Å². The molecule has 0 aromatic heterocycles. The molecule has 0 heterocycles. The Balaban J connectivity index is 2.28. The molecule has 1 N–H and O–H groups in total. The van der Waals surface area contributed by atoms with Crippen LogP contribution in [0.25, 0.3) is 0 Å². The van der Waals surface area contributed by atoms with Gasteiger partial charge in [-0.3, -0.25) is 9.59 Å². The average molecular weight is 236 g/mol. The standard InChI is InChI=1S/C13H16O4/c1-10(7-12(14)15)8-13(16)17-9-11-5-3-2-4-6-11/h2-6,10H,7-9H2,1H3,(H,14,15)/t10-/m1/s1. The third-order valence-electron chi connectivity index (χ3n) is 2.28. The second-order valence-corrected chi connectivity index (χ2v) is 4.05. The number of carbonyl (C=O) groups is 2. The van der Waals surface area contributed by atoms with Gasteiger partial charge in [0.25, 0.3) is 0 Å². The van der Waals surface area contributed by atoms with Gasteiger partial charge in [0.05, 0.1) is 0 Å². The monoisotopic (exact) mass is 236 g/mol. The Morgan fingerprint density at radius 3 is 2.47 bits per heavy atom. The van der Waals surface area contributed by atoms with Crippen LogP contribution in [0, 0.1) is 5.92 Å². The molecule has 0 aliphatic heterocycles. The van der Waals surface area contributed by atoms with Crippen molar-refractivity contribution >= 4 is 11.9 Å². The summed E-state index contributed by atoms with van der Waals surface area (Å²) < 4.78 is 5.05. The topological polar surface area (TPSA) is 63.6 Å². The average Bonchev–Trinajstić information content (AvgIpc) is 2.26. The molecular formula is C13H16O4. The number of hydrogen-bond donors (Lipinski definition) is 1. The van der Waals surface area contributed by atoms with E-state index in [1.807, 2.05) is 30.3 Å². The Labute approximate surface area is 100 Å². The van der Waals surface area contributed by atoms with Gasteiger partial charge in [-0.15, -0.1) is 0 Å². The van der Waals surface area contributed by atoms with Gasteiger partial charge in [0, 0.05) is 12.8 Å². The largest absolute Gasteiger partial charge is 0.481 e. The highest BCUT2D eigenvalue weighted by atomic mass is 16.5. The number of aliphatic carboxylic acids is 1. The van der Waals surface area contributed by atoms with Crippen LogP contribution in [0.4, 0.5) is 0 Å². The molecule has 17 heavy (non-hydrogen) atoms. The van der Waals surface area contributed by atoms with Crippen LogP contribution in [0.2, 0.25) is 0 Å². The van der Waals surface area contributed by atoms with E-state index in [0.717, 1.165) is 5.56 Å². The number of ether oxygens (including phenoxy) is 1. The zero-order chi connectivity index (χ0) is 12.7. The van der Waals surface area contributed by atoms with Crippen LogP contribution in [0.5, 0.6) is 0 Å². The third-order valence-corrected chi connectivity index (χ3v) is 2.28. The first kappa shape index (κ1) is 13.2. The van der Waals surface area contributed by atoms with Crippen molar-refractivity contribution in [2.24, 2.45) is 5.92 Å². The molecule has 0 spiro atoms. The van der Waals surface area contributed by atoms with E-state index < -0.39 is 5.97 Å². The van der Waals surface area contributed by atoms with E-state index in [1.165, 1.54) is 0 Å². The van der Waals surface area contributed by atoms with Crippen molar-refractivity contribution in [3.63, 3.8) is 0 Å². The van der Waals surface area contributed by atoms with Crippen LogP contribution < -0.4 is 0 Å². The summed E-state index contributed by atoms with van der Waals surface area (Å²) in [4.78, 5) is 21.8. The molecule has 0 amide bonds. The maximum atomic E-state index is 11.4. The maximum Gasteiger partial charge on any atom is 0.306 e. The highest BCUT2D eigenvalue weighted by Gasteiger charge is 2.13. The number of carbonyl (C=O) groups excluding carboxylic acids is 1. The molecule has 1 aromatic carbocycles. The Bertz CT molecular complexity index is 372. The van der Waals surface area contributed by atoms with Gasteiger partial charge in [-0.25, -0.2) is 0 Å². The quantitative estimate of drug-likeness (QED) is 0.769. The lowest BCUT2D eigenvalue weighted by molar-refractivity contribution is -0.146. The molecule has 92 valence electrons. The second kappa shape index (κ2) is 6.68. The molecule has 1 aromatic rings. The van der Waals surface area contributed by atoms with Crippen LogP contribution >= 0.6 is 0 Å². The van der Waals surface area contributed by atoms with Crippen molar-refractivity contribution in [3.05, 3.63) is 35.9 Å². The van der Waals surface area contributed by atoms with E-state index in [9.17, 15) is 9.59 Å². The van der Waals surface area contributed by atoms with Gasteiger partial charge in [-0.2, -0.15) is 0 Å². The molecule has 0 fully saturated rings. The molecule has 1 rings (SSSR count). The van der Waals surface area contributed by atoms with Crippen LogP contribution in [0.15, 0.2) is 30.3 Å². The first-order valence-corrected chi connectivity index (χ1v) is 5.49. The van der Waals surface area contributed by atoms with Crippen molar-refractivity contribution in [1.29, 1.82) is 0 Å². The minimum atomic E-state index is -0.895. The second-order valence-electron chi connectivity index (χ2n) is 4.05. The van der Waals surface area contributed by atoms with E-state index in [4.69, 9.17) is 9.84 Å². The number of carboxylic acid groups (broad SMARTS) is 1. The normalized spacial score (nSPS) is 11.8. The first-order valence-electron chi connectivity index (χ1n) is 5.49. The molecule has 1 atom stereocenters. The van der Waals surface area contributed by atoms with Crippen molar-refractivity contribution in [2.75, 3.05) is 0 Å². The summed E-state index contributed by atoms with van der Waals surface area (Å²) in [5, 5.41) is 8.55.